The number of benzene rings is 1. The molecule has 0 atom stereocenters. The molecule has 1 amide bonds. The Morgan fingerprint density at radius 1 is 1.31 bits per heavy atom. The van der Waals surface area contributed by atoms with Crippen LogP contribution in [-0.4, -0.2) is 43.1 Å². The summed E-state index contributed by atoms with van der Waals surface area (Å²) in [4.78, 5) is 19.2. The van der Waals surface area contributed by atoms with Crippen LogP contribution in [0.15, 0.2) is 41.9 Å². The van der Waals surface area contributed by atoms with Crippen molar-refractivity contribution >= 4 is 27.9 Å². The highest BCUT2D eigenvalue weighted by Crippen LogP contribution is 2.25. The molecule has 0 bridgehead atoms. The summed E-state index contributed by atoms with van der Waals surface area (Å²) >= 11 is 1.42. The molecule has 2 heterocycles. The van der Waals surface area contributed by atoms with E-state index in [1.807, 2.05) is 31.6 Å². The van der Waals surface area contributed by atoms with E-state index in [9.17, 15) is 4.79 Å². The molecule has 3 rings (SSSR count). The molecule has 0 radical (unpaired) electrons. The van der Waals surface area contributed by atoms with Crippen molar-refractivity contribution in [1.29, 1.82) is 0 Å². The average molecular weight is 372 g/mol. The van der Waals surface area contributed by atoms with Crippen LogP contribution in [0.3, 0.4) is 0 Å². The van der Waals surface area contributed by atoms with Gasteiger partial charge in [-0.1, -0.05) is 30.3 Å². The lowest BCUT2D eigenvalue weighted by Crippen LogP contribution is -2.18. The zero-order valence-electron chi connectivity index (χ0n) is 15.3. The van der Waals surface area contributed by atoms with Crippen molar-refractivity contribution in [3.63, 3.8) is 0 Å². The summed E-state index contributed by atoms with van der Waals surface area (Å²) in [7, 11) is 4.09. The summed E-state index contributed by atoms with van der Waals surface area (Å²) in [5.41, 5.74) is 2.88. The van der Waals surface area contributed by atoms with Crippen LogP contribution < -0.4 is 5.32 Å². The number of hydrogen-bond donors (Lipinski definition) is 1. The summed E-state index contributed by atoms with van der Waals surface area (Å²) in [6.07, 6.45) is 5.70. The number of aromatic nitrogens is 1. The Balaban J connectivity index is 1.84. The van der Waals surface area contributed by atoms with E-state index < -0.39 is 0 Å². The van der Waals surface area contributed by atoms with Gasteiger partial charge in [0.05, 0.1) is 0 Å². The number of allylic oxidation sites excluding steroid dienone is 1. The lowest BCUT2D eigenvalue weighted by Gasteiger charge is -2.20. The zero-order chi connectivity index (χ0) is 18.4. The van der Waals surface area contributed by atoms with Crippen molar-refractivity contribution in [2.75, 3.05) is 32.6 Å². The second-order valence-corrected chi connectivity index (χ2v) is 7.65. The van der Waals surface area contributed by atoms with Gasteiger partial charge in [-0.3, -0.25) is 10.1 Å². The third-order valence-corrected chi connectivity index (χ3v) is 5.02. The summed E-state index contributed by atoms with van der Waals surface area (Å²) < 4.78 is 5.44. The van der Waals surface area contributed by atoms with Gasteiger partial charge in [-0.15, -0.1) is 11.3 Å². The Bertz CT molecular complexity index is 733. The zero-order valence-corrected chi connectivity index (χ0v) is 16.1. The molecular formula is C20H25N3O2S. The molecule has 0 aliphatic carbocycles. The van der Waals surface area contributed by atoms with E-state index in [-0.39, 0.29) is 5.91 Å². The Hall–Kier alpha value is -2.02. The van der Waals surface area contributed by atoms with Crippen molar-refractivity contribution in [1.82, 2.24) is 9.88 Å². The minimum atomic E-state index is -0.105. The molecule has 0 saturated carbocycles. The van der Waals surface area contributed by atoms with Crippen LogP contribution in [0.5, 0.6) is 0 Å². The van der Waals surface area contributed by atoms with Crippen LogP contribution in [0.1, 0.15) is 24.0 Å². The summed E-state index contributed by atoms with van der Waals surface area (Å²) in [5, 5.41) is 5.39. The van der Waals surface area contributed by atoms with E-state index in [0.717, 1.165) is 38.2 Å². The minimum Gasteiger partial charge on any atom is -0.381 e. The van der Waals surface area contributed by atoms with Crippen molar-refractivity contribution in [3.05, 3.63) is 53.0 Å². The van der Waals surface area contributed by atoms with Crippen LogP contribution in [0.4, 0.5) is 5.13 Å². The second-order valence-electron chi connectivity index (χ2n) is 6.76. The van der Waals surface area contributed by atoms with Gasteiger partial charge < -0.3 is 9.64 Å². The fourth-order valence-electron chi connectivity index (χ4n) is 3.03. The van der Waals surface area contributed by atoms with Crippen LogP contribution in [0, 0.1) is 5.92 Å². The fraction of sp³-hybridized carbons (Fsp3) is 0.400. The van der Waals surface area contributed by atoms with Gasteiger partial charge in [-0.25, -0.2) is 4.98 Å². The van der Waals surface area contributed by atoms with Crippen molar-refractivity contribution < 1.29 is 9.53 Å². The number of nitrogens with one attached hydrogen (secondary N) is 1. The first-order chi connectivity index (χ1) is 12.6. The van der Waals surface area contributed by atoms with Crippen molar-refractivity contribution in [2.45, 2.75) is 19.4 Å². The Morgan fingerprint density at radius 2 is 2.04 bits per heavy atom. The molecule has 1 N–H and O–H groups in total. The smallest absolute Gasteiger partial charge is 0.257 e. The highest BCUT2D eigenvalue weighted by Gasteiger charge is 2.18. The van der Waals surface area contributed by atoms with E-state index >= 15 is 0 Å². The van der Waals surface area contributed by atoms with Gasteiger partial charge >= 0.3 is 0 Å². The Morgan fingerprint density at radius 3 is 2.65 bits per heavy atom. The van der Waals surface area contributed by atoms with Crippen LogP contribution in [0.2, 0.25) is 0 Å². The van der Waals surface area contributed by atoms with E-state index in [2.05, 4.69) is 33.4 Å². The molecule has 1 aliphatic rings. The summed E-state index contributed by atoms with van der Waals surface area (Å²) in [6.45, 7) is 2.39. The predicted molar refractivity (Wildman–Crippen MR) is 106 cm³/mol. The van der Waals surface area contributed by atoms with Crippen LogP contribution >= 0.6 is 11.3 Å². The standard InChI is InChI=1S/C20H25N3O2S/c1-23(2)14-16-3-5-17(6-4-16)18(13-15-7-10-25-11-8-15)19(24)22-20-21-9-12-26-20/h3-6,9,12-13,15H,7-8,10-11,14H2,1-2H3,(H,21,22,24). The largest absolute Gasteiger partial charge is 0.381 e. The summed E-state index contributed by atoms with van der Waals surface area (Å²) in [5.74, 6) is 0.258. The van der Waals surface area contributed by atoms with Gasteiger partial charge in [0, 0.05) is 36.9 Å². The number of thiazole rings is 1. The SMILES string of the molecule is CN(C)Cc1ccc(C(=CC2CCOCC2)C(=O)Nc2nccs2)cc1. The van der Waals surface area contributed by atoms with E-state index in [4.69, 9.17) is 4.74 Å². The number of anilines is 1. The maximum absolute atomic E-state index is 12.9. The lowest BCUT2D eigenvalue weighted by molar-refractivity contribution is -0.111. The molecule has 0 spiro atoms. The molecule has 1 aromatic heterocycles. The molecule has 1 fully saturated rings. The predicted octanol–water partition coefficient (Wildman–Crippen LogP) is 3.65. The molecule has 1 aliphatic heterocycles. The quantitative estimate of drug-likeness (QED) is 0.788. The van der Waals surface area contributed by atoms with Gasteiger partial charge in [0.25, 0.3) is 5.91 Å². The number of rotatable bonds is 6. The van der Waals surface area contributed by atoms with Crippen molar-refractivity contribution in [2.24, 2.45) is 5.92 Å². The number of carbonyl (C=O) groups is 1. The third kappa shape index (κ3) is 5.24. The monoisotopic (exact) mass is 371 g/mol. The van der Waals surface area contributed by atoms with E-state index in [1.54, 1.807) is 6.20 Å². The molecule has 1 aromatic carbocycles. The second kappa shape index (κ2) is 9.07. The Kier molecular flexibility index (Phi) is 6.55. The summed E-state index contributed by atoms with van der Waals surface area (Å²) in [6, 6.07) is 8.24. The van der Waals surface area contributed by atoms with Crippen molar-refractivity contribution in [3.8, 4) is 0 Å². The highest BCUT2D eigenvalue weighted by atomic mass is 32.1. The molecule has 1 saturated heterocycles. The lowest BCUT2D eigenvalue weighted by atomic mass is 9.93. The highest BCUT2D eigenvalue weighted by molar-refractivity contribution is 7.13. The first-order valence-corrected chi connectivity index (χ1v) is 9.74. The molecule has 6 heteroatoms. The number of amides is 1. The maximum Gasteiger partial charge on any atom is 0.257 e. The number of hydrogen-bond acceptors (Lipinski definition) is 5. The average Bonchev–Trinajstić information content (AvgIpc) is 3.14. The van der Waals surface area contributed by atoms with Crippen LogP contribution in [0.25, 0.3) is 5.57 Å². The maximum atomic E-state index is 12.9. The topological polar surface area (TPSA) is 54.5 Å². The molecule has 0 unspecified atom stereocenters. The van der Waals surface area contributed by atoms with Crippen LogP contribution in [-0.2, 0) is 16.1 Å². The number of carbonyl (C=O) groups excluding carboxylic acids is 1. The number of ether oxygens (including phenoxy) is 1. The van der Waals surface area contributed by atoms with Gasteiger partial charge in [0.1, 0.15) is 0 Å². The van der Waals surface area contributed by atoms with Gasteiger partial charge in [0.15, 0.2) is 5.13 Å². The van der Waals surface area contributed by atoms with Gasteiger partial charge in [0.2, 0.25) is 0 Å². The fourth-order valence-corrected chi connectivity index (χ4v) is 3.55. The minimum absolute atomic E-state index is 0.105. The Labute approximate surface area is 158 Å². The van der Waals surface area contributed by atoms with E-state index in [1.165, 1.54) is 16.9 Å². The number of nitrogens with zero attached hydrogens (tertiary/aromatic N) is 2. The molecular weight excluding hydrogens is 346 g/mol. The van der Waals surface area contributed by atoms with Gasteiger partial charge in [-0.05, 0) is 44.0 Å². The molecule has 26 heavy (non-hydrogen) atoms. The molecule has 5 nitrogen and oxygen atoms in total. The molecule has 138 valence electrons. The van der Waals surface area contributed by atoms with E-state index in [0.29, 0.717) is 16.6 Å². The normalized spacial score (nSPS) is 16.0. The first-order valence-electron chi connectivity index (χ1n) is 8.86. The van der Waals surface area contributed by atoms with Gasteiger partial charge in [-0.2, -0.15) is 0 Å². The first kappa shape index (κ1) is 18.8. The third-order valence-electron chi connectivity index (χ3n) is 4.33. The molecule has 2 aromatic rings.